The summed E-state index contributed by atoms with van der Waals surface area (Å²) in [7, 11) is 0. The molecule has 2 aromatic carbocycles. The number of anilines is 1. The molecular formula is C16H11FN4O3. The number of rotatable bonds is 4. The average Bonchev–Trinajstić information content (AvgIpc) is 3.07. The van der Waals surface area contributed by atoms with Gasteiger partial charge in [0.2, 0.25) is 5.82 Å². The van der Waals surface area contributed by atoms with Crippen molar-refractivity contribution in [1.82, 2.24) is 9.78 Å². The lowest BCUT2D eigenvalue weighted by Crippen LogP contribution is -2.11. The van der Waals surface area contributed by atoms with Crippen LogP contribution in [0.2, 0.25) is 0 Å². The molecule has 0 saturated carbocycles. The Morgan fingerprint density at radius 3 is 2.67 bits per heavy atom. The van der Waals surface area contributed by atoms with E-state index in [4.69, 9.17) is 0 Å². The van der Waals surface area contributed by atoms with Gasteiger partial charge in [0, 0.05) is 18.0 Å². The molecule has 0 spiro atoms. The predicted octanol–water partition coefficient (Wildman–Crippen LogP) is 3.17. The van der Waals surface area contributed by atoms with Crippen LogP contribution >= 0.6 is 0 Å². The van der Waals surface area contributed by atoms with Gasteiger partial charge < -0.3 is 5.32 Å². The van der Waals surface area contributed by atoms with Crippen LogP contribution in [0.15, 0.2) is 60.9 Å². The predicted molar refractivity (Wildman–Crippen MR) is 84.6 cm³/mol. The molecule has 1 aromatic heterocycles. The number of carbonyl (C=O) groups excluding carboxylic acids is 1. The molecule has 0 aliphatic rings. The molecule has 120 valence electrons. The van der Waals surface area contributed by atoms with Crippen molar-refractivity contribution in [3.05, 3.63) is 82.4 Å². The first-order valence-electron chi connectivity index (χ1n) is 6.90. The highest BCUT2D eigenvalue weighted by Gasteiger charge is 2.16. The number of para-hydroxylation sites is 1. The first-order valence-corrected chi connectivity index (χ1v) is 6.90. The van der Waals surface area contributed by atoms with Crippen molar-refractivity contribution < 1.29 is 14.1 Å². The number of nitrogens with one attached hydrogen (secondary N) is 1. The Morgan fingerprint density at radius 2 is 1.96 bits per heavy atom. The van der Waals surface area contributed by atoms with Gasteiger partial charge in [-0.25, -0.2) is 4.68 Å². The highest BCUT2D eigenvalue weighted by Crippen LogP contribution is 2.22. The Bertz CT molecular complexity index is 909. The average molecular weight is 326 g/mol. The second-order valence-corrected chi connectivity index (χ2v) is 4.89. The maximum atomic E-state index is 13.3. The molecule has 7 nitrogen and oxygen atoms in total. The van der Waals surface area contributed by atoms with Gasteiger partial charge in [-0.05, 0) is 24.3 Å². The van der Waals surface area contributed by atoms with Gasteiger partial charge >= 0.3 is 5.69 Å². The number of nitrogens with zero attached hydrogens (tertiary/aromatic N) is 3. The van der Waals surface area contributed by atoms with Crippen LogP contribution in [0.1, 0.15) is 10.4 Å². The number of halogens is 1. The zero-order valence-electron chi connectivity index (χ0n) is 12.2. The van der Waals surface area contributed by atoms with Gasteiger partial charge in [0.25, 0.3) is 5.91 Å². The van der Waals surface area contributed by atoms with Gasteiger partial charge in [0.15, 0.2) is 0 Å². The summed E-state index contributed by atoms with van der Waals surface area (Å²) in [6, 6.07) is 12.4. The summed E-state index contributed by atoms with van der Waals surface area (Å²) in [5, 5.41) is 17.3. The largest absolute Gasteiger partial charge is 0.322 e. The van der Waals surface area contributed by atoms with E-state index < -0.39 is 22.3 Å². The molecule has 0 atom stereocenters. The molecule has 1 N–H and O–H groups in total. The molecular weight excluding hydrogens is 315 g/mol. The molecule has 3 rings (SSSR count). The molecule has 1 amide bonds. The summed E-state index contributed by atoms with van der Waals surface area (Å²) in [6.07, 6.45) is 2.91. The maximum Gasteiger partial charge on any atom is 0.306 e. The number of benzene rings is 2. The Morgan fingerprint density at radius 1 is 1.21 bits per heavy atom. The lowest BCUT2D eigenvalue weighted by Gasteiger charge is -2.04. The molecule has 0 fully saturated rings. The molecule has 8 heteroatoms. The van der Waals surface area contributed by atoms with E-state index in [-0.39, 0.29) is 11.3 Å². The first kappa shape index (κ1) is 15.3. The van der Waals surface area contributed by atoms with E-state index in [1.54, 1.807) is 0 Å². The fraction of sp³-hybridized carbons (Fsp3) is 0. The zero-order valence-corrected chi connectivity index (χ0v) is 12.2. The number of carbonyl (C=O) groups is 1. The van der Waals surface area contributed by atoms with E-state index in [9.17, 15) is 19.3 Å². The second kappa shape index (κ2) is 6.29. The molecule has 1 heterocycles. The summed E-state index contributed by atoms with van der Waals surface area (Å²) >= 11 is 0. The monoisotopic (exact) mass is 326 g/mol. The minimum Gasteiger partial charge on any atom is -0.322 e. The van der Waals surface area contributed by atoms with E-state index in [0.717, 1.165) is 17.8 Å². The van der Waals surface area contributed by atoms with Crippen molar-refractivity contribution in [2.75, 3.05) is 5.32 Å². The highest BCUT2D eigenvalue weighted by atomic mass is 19.1. The quantitative estimate of drug-likeness (QED) is 0.589. The minimum absolute atomic E-state index is 0.126. The van der Waals surface area contributed by atoms with Crippen LogP contribution in [0.4, 0.5) is 15.8 Å². The Labute approximate surface area is 135 Å². The van der Waals surface area contributed by atoms with Gasteiger partial charge in [-0.1, -0.05) is 18.2 Å². The standard InChI is InChI=1S/C16H11FN4O3/c17-14-7-6-12(8-15(14)21(23)24)19-16(22)11-9-18-20(10-11)13-4-2-1-3-5-13/h1-10H,(H,19,22). The Hall–Kier alpha value is -3.55. The van der Waals surface area contributed by atoms with Gasteiger partial charge in [-0.2, -0.15) is 9.49 Å². The van der Waals surface area contributed by atoms with Crippen molar-refractivity contribution in [3.8, 4) is 5.69 Å². The molecule has 0 aliphatic carbocycles. The van der Waals surface area contributed by atoms with Crippen molar-refractivity contribution in [2.24, 2.45) is 0 Å². The number of amides is 1. The smallest absolute Gasteiger partial charge is 0.306 e. The topological polar surface area (TPSA) is 90.1 Å². The van der Waals surface area contributed by atoms with Crippen LogP contribution in [0, 0.1) is 15.9 Å². The van der Waals surface area contributed by atoms with Crippen LogP contribution in [-0.2, 0) is 0 Å². The Balaban J connectivity index is 1.80. The van der Waals surface area contributed by atoms with E-state index in [2.05, 4.69) is 10.4 Å². The lowest BCUT2D eigenvalue weighted by atomic mass is 10.2. The normalized spacial score (nSPS) is 10.4. The van der Waals surface area contributed by atoms with Gasteiger partial charge in [-0.15, -0.1) is 0 Å². The lowest BCUT2D eigenvalue weighted by molar-refractivity contribution is -0.387. The third kappa shape index (κ3) is 3.12. The Kier molecular flexibility index (Phi) is 4.02. The van der Waals surface area contributed by atoms with Crippen molar-refractivity contribution in [3.63, 3.8) is 0 Å². The zero-order chi connectivity index (χ0) is 17.1. The van der Waals surface area contributed by atoms with Crippen LogP contribution in [0.3, 0.4) is 0 Å². The van der Waals surface area contributed by atoms with Crippen molar-refractivity contribution >= 4 is 17.3 Å². The van der Waals surface area contributed by atoms with Crippen LogP contribution in [-0.4, -0.2) is 20.6 Å². The summed E-state index contributed by atoms with van der Waals surface area (Å²) in [5.41, 5.74) is 0.480. The molecule has 0 saturated heterocycles. The van der Waals surface area contributed by atoms with Gasteiger partial charge in [0.05, 0.1) is 22.4 Å². The first-order chi connectivity index (χ1) is 11.5. The molecule has 0 radical (unpaired) electrons. The van der Waals surface area contributed by atoms with Crippen LogP contribution < -0.4 is 5.32 Å². The van der Waals surface area contributed by atoms with Gasteiger partial charge in [-0.3, -0.25) is 14.9 Å². The number of nitro groups is 1. The summed E-state index contributed by atoms with van der Waals surface area (Å²) in [6.45, 7) is 0. The van der Waals surface area contributed by atoms with E-state index in [1.807, 2.05) is 30.3 Å². The molecule has 0 aliphatic heterocycles. The highest BCUT2D eigenvalue weighted by molar-refractivity contribution is 6.04. The molecule has 24 heavy (non-hydrogen) atoms. The number of nitro benzene ring substituents is 1. The third-order valence-electron chi connectivity index (χ3n) is 3.27. The number of hydrogen-bond donors (Lipinski definition) is 1. The summed E-state index contributed by atoms with van der Waals surface area (Å²) in [4.78, 5) is 22.1. The SMILES string of the molecule is O=C(Nc1ccc(F)c([N+](=O)[O-])c1)c1cnn(-c2ccccc2)c1. The molecule has 3 aromatic rings. The van der Waals surface area contributed by atoms with Crippen molar-refractivity contribution in [2.45, 2.75) is 0 Å². The summed E-state index contributed by atoms with van der Waals surface area (Å²) < 4.78 is 14.8. The van der Waals surface area contributed by atoms with E-state index >= 15 is 0 Å². The fourth-order valence-electron chi connectivity index (χ4n) is 2.10. The maximum absolute atomic E-state index is 13.3. The second-order valence-electron chi connectivity index (χ2n) is 4.89. The van der Waals surface area contributed by atoms with Crippen LogP contribution in [0.5, 0.6) is 0 Å². The fourth-order valence-corrected chi connectivity index (χ4v) is 2.10. The third-order valence-corrected chi connectivity index (χ3v) is 3.27. The number of aromatic nitrogens is 2. The van der Waals surface area contributed by atoms with E-state index in [1.165, 1.54) is 23.1 Å². The van der Waals surface area contributed by atoms with Crippen molar-refractivity contribution in [1.29, 1.82) is 0 Å². The molecule has 0 unspecified atom stereocenters. The minimum atomic E-state index is -0.963. The molecule has 0 bridgehead atoms. The van der Waals surface area contributed by atoms with Crippen LogP contribution in [0.25, 0.3) is 5.69 Å². The number of hydrogen-bond acceptors (Lipinski definition) is 4. The van der Waals surface area contributed by atoms with E-state index in [0.29, 0.717) is 0 Å². The summed E-state index contributed by atoms with van der Waals surface area (Å²) in [5.74, 6) is -1.46. The van der Waals surface area contributed by atoms with Gasteiger partial charge in [0.1, 0.15) is 0 Å².